The molecule has 1 amide bonds. The Morgan fingerprint density at radius 1 is 1.00 bits per heavy atom. The highest BCUT2D eigenvalue weighted by Gasteiger charge is 2.36. The molecule has 2 aliphatic carbocycles. The Hall–Kier alpha value is -2.82. The summed E-state index contributed by atoms with van der Waals surface area (Å²) in [6, 6.07) is 16.4. The van der Waals surface area contributed by atoms with Crippen molar-refractivity contribution >= 4 is 12.1 Å². The summed E-state index contributed by atoms with van der Waals surface area (Å²) in [5, 5.41) is 11.8. The molecule has 0 heterocycles. The first-order valence-corrected chi connectivity index (χ1v) is 8.97. The van der Waals surface area contributed by atoms with E-state index in [0.717, 1.165) is 6.42 Å². The van der Waals surface area contributed by atoms with E-state index in [9.17, 15) is 9.59 Å². The van der Waals surface area contributed by atoms with Crippen LogP contribution < -0.4 is 5.32 Å². The summed E-state index contributed by atoms with van der Waals surface area (Å²) < 4.78 is 5.46. The van der Waals surface area contributed by atoms with E-state index in [2.05, 4.69) is 29.6 Å². The van der Waals surface area contributed by atoms with Gasteiger partial charge in [-0.1, -0.05) is 48.5 Å². The average Bonchev–Trinajstić information content (AvgIpc) is 2.93. The molecule has 2 aliphatic rings. The molecule has 0 radical (unpaired) electrons. The van der Waals surface area contributed by atoms with Crippen LogP contribution >= 0.6 is 0 Å². The predicted octanol–water partition coefficient (Wildman–Crippen LogP) is 3.64. The summed E-state index contributed by atoms with van der Waals surface area (Å²) in [6.45, 7) is 0.626. The smallest absolute Gasteiger partial charge is 0.407 e. The highest BCUT2D eigenvalue weighted by Crippen LogP contribution is 2.44. The van der Waals surface area contributed by atoms with Gasteiger partial charge in [0.15, 0.2) is 0 Å². The Morgan fingerprint density at radius 2 is 1.62 bits per heavy atom. The lowest BCUT2D eigenvalue weighted by Gasteiger charge is -2.33. The maximum Gasteiger partial charge on any atom is 0.407 e. The van der Waals surface area contributed by atoms with Gasteiger partial charge in [-0.05, 0) is 41.0 Å². The van der Waals surface area contributed by atoms with Crippen LogP contribution in [0.25, 0.3) is 11.1 Å². The van der Waals surface area contributed by atoms with Gasteiger partial charge in [0.25, 0.3) is 0 Å². The van der Waals surface area contributed by atoms with Crippen LogP contribution in [0.2, 0.25) is 0 Å². The van der Waals surface area contributed by atoms with Crippen LogP contribution in [0, 0.1) is 11.8 Å². The zero-order valence-electron chi connectivity index (χ0n) is 14.4. The quantitative estimate of drug-likeness (QED) is 0.862. The number of hydrogen-bond acceptors (Lipinski definition) is 3. The van der Waals surface area contributed by atoms with Gasteiger partial charge in [-0.2, -0.15) is 0 Å². The first-order valence-electron chi connectivity index (χ1n) is 8.97. The Balaban J connectivity index is 1.37. The van der Waals surface area contributed by atoms with Crippen molar-refractivity contribution in [1.29, 1.82) is 0 Å². The molecule has 0 bridgehead atoms. The Labute approximate surface area is 152 Å². The van der Waals surface area contributed by atoms with Crippen molar-refractivity contribution < 1.29 is 19.4 Å². The minimum absolute atomic E-state index is 0.00739. The number of carbonyl (C=O) groups is 2. The number of carbonyl (C=O) groups excluding carboxylic acids is 1. The minimum atomic E-state index is -0.782. The molecule has 2 aromatic rings. The van der Waals surface area contributed by atoms with Crippen molar-refractivity contribution in [3.63, 3.8) is 0 Å². The number of aliphatic carboxylic acids is 1. The van der Waals surface area contributed by atoms with Crippen LogP contribution in [0.3, 0.4) is 0 Å². The van der Waals surface area contributed by atoms with Crippen molar-refractivity contribution in [3.8, 4) is 11.1 Å². The van der Waals surface area contributed by atoms with E-state index in [1.807, 2.05) is 24.3 Å². The third-order valence-electron chi connectivity index (χ3n) is 5.59. The monoisotopic (exact) mass is 351 g/mol. The average molecular weight is 351 g/mol. The molecule has 2 aromatic carbocycles. The Kier molecular flexibility index (Phi) is 4.37. The van der Waals surface area contributed by atoms with E-state index >= 15 is 0 Å². The molecule has 0 spiro atoms. The summed E-state index contributed by atoms with van der Waals surface area (Å²) in [5.74, 6) is -1.09. The fourth-order valence-electron chi connectivity index (χ4n) is 4.00. The molecule has 0 aromatic heterocycles. The van der Waals surface area contributed by atoms with E-state index in [-0.39, 0.29) is 24.4 Å². The number of fused-ring (bicyclic) bond motifs is 3. The van der Waals surface area contributed by atoms with Crippen molar-refractivity contribution in [3.05, 3.63) is 59.7 Å². The van der Waals surface area contributed by atoms with Gasteiger partial charge in [0.2, 0.25) is 0 Å². The van der Waals surface area contributed by atoms with Crippen molar-refractivity contribution in [2.24, 2.45) is 11.8 Å². The highest BCUT2D eigenvalue weighted by atomic mass is 16.5. The van der Waals surface area contributed by atoms with E-state index in [0.29, 0.717) is 13.0 Å². The molecule has 2 atom stereocenters. The maximum absolute atomic E-state index is 12.1. The second-order valence-electron chi connectivity index (χ2n) is 6.99. The Bertz CT molecular complexity index is 802. The number of rotatable bonds is 5. The molecule has 5 heteroatoms. The number of benzene rings is 2. The number of hydrogen-bond donors (Lipinski definition) is 2. The van der Waals surface area contributed by atoms with Gasteiger partial charge in [0.05, 0.1) is 5.92 Å². The lowest BCUT2D eigenvalue weighted by atomic mass is 9.74. The van der Waals surface area contributed by atoms with Crippen LogP contribution in [0.15, 0.2) is 48.5 Å². The molecule has 1 fully saturated rings. The van der Waals surface area contributed by atoms with Crippen LogP contribution in [-0.2, 0) is 9.53 Å². The predicted molar refractivity (Wildman–Crippen MR) is 96.9 cm³/mol. The number of amides is 1. The van der Waals surface area contributed by atoms with Crippen LogP contribution in [0.4, 0.5) is 4.79 Å². The molecule has 1 saturated carbocycles. The molecule has 5 nitrogen and oxygen atoms in total. The standard InChI is InChI=1S/C21H21NO4/c23-20(24)14-10-9-13(14)11-22-21(25)26-12-19-17-7-3-1-5-15(17)16-6-2-4-8-18(16)19/h1-8,13-14,19H,9-12H2,(H,22,25)(H,23,24)/t13-,14-/m0/s1. The van der Waals surface area contributed by atoms with Crippen LogP contribution in [0.5, 0.6) is 0 Å². The largest absolute Gasteiger partial charge is 0.481 e. The van der Waals surface area contributed by atoms with E-state index < -0.39 is 12.1 Å². The molecular formula is C21H21NO4. The minimum Gasteiger partial charge on any atom is -0.481 e. The van der Waals surface area contributed by atoms with E-state index in [1.165, 1.54) is 22.3 Å². The fraction of sp³-hybridized carbons (Fsp3) is 0.333. The van der Waals surface area contributed by atoms with Gasteiger partial charge in [-0.25, -0.2) is 4.79 Å². The molecule has 134 valence electrons. The van der Waals surface area contributed by atoms with E-state index in [4.69, 9.17) is 9.84 Å². The van der Waals surface area contributed by atoms with Crippen molar-refractivity contribution in [1.82, 2.24) is 5.32 Å². The second kappa shape index (κ2) is 6.83. The molecule has 0 unspecified atom stereocenters. The molecule has 2 N–H and O–H groups in total. The van der Waals surface area contributed by atoms with Crippen LogP contribution in [-0.4, -0.2) is 30.3 Å². The first-order chi connectivity index (χ1) is 12.6. The summed E-state index contributed by atoms with van der Waals surface area (Å²) in [4.78, 5) is 23.1. The third kappa shape index (κ3) is 2.94. The lowest BCUT2D eigenvalue weighted by molar-refractivity contribution is -0.147. The van der Waals surface area contributed by atoms with Gasteiger partial charge < -0.3 is 15.2 Å². The van der Waals surface area contributed by atoms with Gasteiger partial charge in [-0.15, -0.1) is 0 Å². The second-order valence-corrected chi connectivity index (χ2v) is 6.99. The molecule has 4 rings (SSSR count). The van der Waals surface area contributed by atoms with Crippen molar-refractivity contribution in [2.75, 3.05) is 13.2 Å². The van der Waals surface area contributed by atoms with E-state index in [1.54, 1.807) is 0 Å². The van der Waals surface area contributed by atoms with Gasteiger partial charge in [0.1, 0.15) is 6.61 Å². The van der Waals surface area contributed by atoms with Gasteiger partial charge in [0, 0.05) is 12.5 Å². The number of carboxylic acids is 1. The van der Waals surface area contributed by atoms with Crippen LogP contribution in [0.1, 0.15) is 29.9 Å². The summed E-state index contributed by atoms with van der Waals surface area (Å²) in [6.07, 6.45) is 1.04. The normalized spacial score (nSPS) is 20.6. The van der Waals surface area contributed by atoms with Gasteiger partial charge in [-0.3, -0.25) is 4.79 Å². The lowest BCUT2D eigenvalue weighted by Crippen LogP contribution is -2.41. The summed E-state index contributed by atoms with van der Waals surface area (Å²) in [7, 11) is 0. The fourth-order valence-corrected chi connectivity index (χ4v) is 4.00. The number of carboxylic acid groups (broad SMARTS) is 1. The Morgan fingerprint density at radius 3 is 2.15 bits per heavy atom. The summed E-state index contributed by atoms with van der Waals surface area (Å²) >= 11 is 0. The molecular weight excluding hydrogens is 330 g/mol. The SMILES string of the molecule is O=C(NC[C@@H]1CC[C@@H]1C(=O)O)OCC1c2ccccc2-c2ccccc21. The number of nitrogens with one attached hydrogen (secondary N) is 1. The number of ether oxygens (including phenoxy) is 1. The maximum atomic E-state index is 12.1. The van der Waals surface area contributed by atoms with Crippen molar-refractivity contribution in [2.45, 2.75) is 18.8 Å². The zero-order valence-corrected chi connectivity index (χ0v) is 14.4. The first kappa shape index (κ1) is 16.6. The third-order valence-corrected chi connectivity index (χ3v) is 5.59. The molecule has 26 heavy (non-hydrogen) atoms. The zero-order chi connectivity index (χ0) is 18.1. The summed E-state index contributed by atoms with van der Waals surface area (Å²) in [5.41, 5.74) is 4.73. The molecule has 0 aliphatic heterocycles. The number of alkyl carbamates (subject to hydrolysis) is 1. The highest BCUT2D eigenvalue weighted by molar-refractivity contribution is 5.79. The molecule has 0 saturated heterocycles. The van der Waals surface area contributed by atoms with Gasteiger partial charge >= 0.3 is 12.1 Å². The topological polar surface area (TPSA) is 75.6 Å².